The highest BCUT2D eigenvalue weighted by molar-refractivity contribution is 6.74. The first-order valence-corrected chi connectivity index (χ1v) is 15.3. The van der Waals surface area contributed by atoms with Crippen molar-refractivity contribution in [2.45, 2.75) is 77.1 Å². The minimum atomic E-state index is -2.27. The third kappa shape index (κ3) is 5.61. The van der Waals surface area contributed by atoms with Gasteiger partial charge in [-0.3, -0.25) is 9.36 Å². The Morgan fingerprint density at radius 3 is 2.69 bits per heavy atom. The molecule has 0 aliphatic carbocycles. The van der Waals surface area contributed by atoms with Crippen molar-refractivity contribution >= 4 is 31.3 Å². The van der Waals surface area contributed by atoms with Crippen LogP contribution >= 0.6 is 0 Å². The number of halogens is 1. The van der Waals surface area contributed by atoms with Crippen LogP contribution in [0.2, 0.25) is 18.1 Å². The van der Waals surface area contributed by atoms with Gasteiger partial charge in [-0.1, -0.05) is 26.7 Å². The second kappa shape index (κ2) is 10.2. The maximum atomic E-state index is 14.0. The molecule has 2 N–H and O–H groups in total. The third-order valence-electron chi connectivity index (χ3n) is 7.53. The minimum Gasteiger partial charge on any atom is -0.457 e. The predicted molar refractivity (Wildman–Crippen MR) is 139 cm³/mol. The van der Waals surface area contributed by atoms with Gasteiger partial charge in [0.05, 0.1) is 19.4 Å². The van der Waals surface area contributed by atoms with Gasteiger partial charge >= 0.3 is 17.9 Å². The Bertz CT molecular complexity index is 1480. The maximum Gasteiger partial charge on any atom is 0.519 e. The fraction of sp³-hybridized carbons (Fsp3) is 0.560. The molecule has 0 saturated carbocycles. The van der Waals surface area contributed by atoms with Gasteiger partial charge in [0.25, 0.3) is 0 Å². The number of hydrogen-bond acceptors (Lipinski definition) is 11. The molecule has 1 fully saturated rings. The van der Waals surface area contributed by atoms with Gasteiger partial charge in [-0.25, -0.2) is 9.78 Å². The number of imidazole rings is 1. The Kier molecular flexibility index (Phi) is 7.45. The number of nitrogens with two attached hydrogens (primary N) is 1. The molecule has 12 nitrogen and oxygen atoms in total. The van der Waals surface area contributed by atoms with E-state index < -0.39 is 43.9 Å². The van der Waals surface area contributed by atoms with Crippen LogP contribution in [0, 0.1) is 31.3 Å². The summed E-state index contributed by atoms with van der Waals surface area (Å²) in [5.74, 6) is 0.932. The molecule has 4 rings (SSSR count). The molecule has 3 atom stereocenters. The molecule has 3 aromatic rings. The monoisotopic (exact) mass is 561 g/mol. The van der Waals surface area contributed by atoms with Crippen LogP contribution in [0.3, 0.4) is 0 Å². The van der Waals surface area contributed by atoms with Gasteiger partial charge in [0.15, 0.2) is 49.0 Å². The number of aryl methyl sites for hydroxylation is 1. The lowest BCUT2D eigenvalue weighted by Crippen LogP contribution is -2.48. The van der Waals surface area contributed by atoms with Crippen molar-refractivity contribution in [3.05, 3.63) is 34.5 Å². The fourth-order valence-electron chi connectivity index (χ4n) is 4.12. The van der Waals surface area contributed by atoms with Gasteiger partial charge in [0.2, 0.25) is 0 Å². The number of nitrogen functional groups attached to an aromatic ring is 1. The summed E-state index contributed by atoms with van der Waals surface area (Å²) in [6, 6.07) is 0. The van der Waals surface area contributed by atoms with Gasteiger partial charge in [-0.15, -0.1) is 6.42 Å². The van der Waals surface area contributed by atoms with Gasteiger partial charge in [0, 0.05) is 5.92 Å². The van der Waals surface area contributed by atoms with Crippen LogP contribution < -0.4 is 11.6 Å². The molecule has 4 heterocycles. The van der Waals surface area contributed by atoms with Gasteiger partial charge in [0.1, 0.15) is 6.23 Å². The summed E-state index contributed by atoms with van der Waals surface area (Å²) < 4.78 is 43.4. The summed E-state index contributed by atoms with van der Waals surface area (Å²) in [6.07, 6.45) is 5.83. The van der Waals surface area contributed by atoms with Crippen molar-refractivity contribution in [2.75, 3.05) is 12.3 Å². The number of terminal acetylenes is 1. The highest BCUT2D eigenvalue weighted by atomic mass is 28.4. The predicted octanol–water partition coefficient (Wildman–Crippen LogP) is 3.46. The summed E-state index contributed by atoms with van der Waals surface area (Å²) in [6.45, 7) is 11.7. The molecule has 1 aliphatic heterocycles. The molecule has 0 unspecified atom stereocenters. The Hall–Kier alpha value is -3.54. The van der Waals surface area contributed by atoms with Crippen molar-refractivity contribution in [3.8, 4) is 12.3 Å². The second-order valence-corrected chi connectivity index (χ2v) is 15.9. The SMILES string of the molecule is C#C[C@]1(CO[Si](C)(C)C(C)(C)C)O[C@@H](n2cnc3c(N)nc(F)nc32)C[C@@H]1CC(=O)OCc1oc(=O)oc1C. The normalized spacial score (nSPS) is 21.8. The minimum absolute atomic E-state index is 0.0300. The number of rotatable bonds is 8. The zero-order valence-corrected chi connectivity index (χ0v) is 23.7. The molecule has 0 amide bonds. The maximum absolute atomic E-state index is 14.0. The third-order valence-corrected chi connectivity index (χ3v) is 12.0. The molecule has 39 heavy (non-hydrogen) atoms. The van der Waals surface area contributed by atoms with Crippen LogP contribution in [0.15, 0.2) is 20.0 Å². The van der Waals surface area contributed by atoms with E-state index in [-0.39, 0.29) is 59.6 Å². The van der Waals surface area contributed by atoms with E-state index in [1.165, 1.54) is 17.8 Å². The number of esters is 1. The zero-order valence-electron chi connectivity index (χ0n) is 22.7. The zero-order chi connectivity index (χ0) is 28.8. The topological polar surface area (TPSA) is 158 Å². The lowest BCUT2D eigenvalue weighted by atomic mass is 9.85. The largest absolute Gasteiger partial charge is 0.519 e. The van der Waals surface area contributed by atoms with Crippen LogP contribution in [-0.4, -0.2) is 46.0 Å². The highest BCUT2D eigenvalue weighted by Gasteiger charge is 2.51. The van der Waals surface area contributed by atoms with Crippen molar-refractivity contribution in [2.24, 2.45) is 5.92 Å². The Morgan fingerprint density at radius 2 is 2.08 bits per heavy atom. The van der Waals surface area contributed by atoms with E-state index in [1.54, 1.807) is 0 Å². The van der Waals surface area contributed by atoms with E-state index >= 15 is 0 Å². The molecule has 14 heteroatoms. The van der Waals surface area contributed by atoms with Crippen molar-refractivity contribution in [1.29, 1.82) is 0 Å². The van der Waals surface area contributed by atoms with Crippen LogP contribution in [-0.2, 0) is 25.3 Å². The quantitative estimate of drug-likeness (QED) is 0.186. The molecule has 0 radical (unpaired) electrons. The molecule has 0 bridgehead atoms. The van der Waals surface area contributed by atoms with Crippen LogP contribution in [0.1, 0.15) is 51.4 Å². The average molecular weight is 562 g/mol. The summed E-state index contributed by atoms with van der Waals surface area (Å²) in [4.78, 5) is 35.8. The number of carbonyl (C=O) groups excluding carboxylic acids is 1. The van der Waals surface area contributed by atoms with E-state index in [0.29, 0.717) is 0 Å². The van der Waals surface area contributed by atoms with Gasteiger partial charge < -0.3 is 28.5 Å². The standard InChI is InChI=1S/C25H32FN5O7Si/c1-8-25(12-35-39(6,7)24(3,4)5)15(10-18(32)34-11-16-14(2)36-23(33)37-16)9-17(38-25)31-13-28-19-20(27)29-22(26)30-21(19)31/h1,13,15,17H,9-12H2,2-7H3,(H2,27,29,30)/t15-,17-,25-/m1/s1. The first kappa shape index (κ1) is 28.5. The Labute approximate surface area is 225 Å². The van der Waals surface area contributed by atoms with Crippen molar-refractivity contribution in [1.82, 2.24) is 19.5 Å². The lowest BCUT2D eigenvalue weighted by molar-refractivity contribution is -0.148. The van der Waals surface area contributed by atoms with E-state index in [9.17, 15) is 14.0 Å². The molecule has 3 aromatic heterocycles. The second-order valence-electron chi connectivity index (χ2n) is 11.1. The molecular formula is C25H32FN5O7Si. The first-order chi connectivity index (χ1) is 18.2. The van der Waals surface area contributed by atoms with E-state index in [2.05, 4.69) is 54.7 Å². The van der Waals surface area contributed by atoms with Gasteiger partial charge in [-0.2, -0.15) is 14.4 Å². The molecule has 1 saturated heterocycles. The van der Waals surface area contributed by atoms with Crippen LogP contribution in [0.5, 0.6) is 0 Å². The number of ether oxygens (including phenoxy) is 2. The summed E-state index contributed by atoms with van der Waals surface area (Å²) in [5.41, 5.74) is 4.85. The van der Waals surface area contributed by atoms with Crippen molar-refractivity contribution in [3.63, 3.8) is 0 Å². The van der Waals surface area contributed by atoms with E-state index in [0.717, 1.165) is 0 Å². The molecule has 1 aliphatic rings. The molecule has 0 aromatic carbocycles. The number of fused-ring (bicyclic) bond motifs is 1. The summed E-state index contributed by atoms with van der Waals surface area (Å²) >= 11 is 0. The molecular weight excluding hydrogens is 529 g/mol. The smallest absolute Gasteiger partial charge is 0.457 e. The molecule has 0 spiro atoms. The van der Waals surface area contributed by atoms with E-state index in [1.807, 2.05) is 0 Å². The lowest BCUT2D eigenvalue weighted by Gasteiger charge is -2.39. The number of nitrogens with zero attached hydrogens (tertiary/aromatic N) is 4. The number of carbonyl (C=O) groups is 1. The fourth-order valence-corrected chi connectivity index (χ4v) is 5.13. The summed E-state index contributed by atoms with van der Waals surface area (Å²) in [7, 11) is -2.27. The number of anilines is 1. The first-order valence-electron chi connectivity index (χ1n) is 12.4. The number of hydrogen-bond donors (Lipinski definition) is 1. The number of aromatic nitrogens is 4. The average Bonchev–Trinajstić information content (AvgIpc) is 3.50. The van der Waals surface area contributed by atoms with Crippen LogP contribution in [0.4, 0.5) is 10.2 Å². The van der Waals surface area contributed by atoms with Crippen LogP contribution in [0.25, 0.3) is 11.2 Å². The Balaban J connectivity index is 1.62. The van der Waals surface area contributed by atoms with Crippen molar-refractivity contribution < 1.29 is 31.9 Å². The van der Waals surface area contributed by atoms with E-state index in [4.69, 9.17) is 34.9 Å². The summed E-state index contributed by atoms with van der Waals surface area (Å²) in [5, 5.41) is -0.103. The Morgan fingerprint density at radius 1 is 1.36 bits per heavy atom. The highest BCUT2D eigenvalue weighted by Crippen LogP contribution is 2.46. The van der Waals surface area contributed by atoms with Gasteiger partial charge in [-0.05, 0) is 31.5 Å². The molecule has 210 valence electrons.